The number of hydrogen-bond donors (Lipinski definition) is 2. The minimum absolute atomic E-state index is 0.609. The number of nitrogens with two attached hydrogens (primary N) is 1. The van der Waals surface area contributed by atoms with E-state index in [0.29, 0.717) is 17.3 Å². The van der Waals surface area contributed by atoms with Gasteiger partial charge in [0.25, 0.3) is 0 Å². The number of rotatable bonds is 4. The van der Waals surface area contributed by atoms with Crippen molar-refractivity contribution in [2.45, 2.75) is 6.54 Å². The molecular weight excluding hydrogens is 248 g/mol. The third-order valence-electron chi connectivity index (χ3n) is 2.69. The monoisotopic (exact) mass is 262 g/mol. The molecule has 4 heteroatoms. The number of ether oxygens (including phenoxy) is 1. The van der Waals surface area contributed by atoms with Gasteiger partial charge in [0.2, 0.25) is 0 Å². The lowest BCUT2D eigenvalue weighted by molar-refractivity contribution is 0.410. The van der Waals surface area contributed by atoms with E-state index < -0.39 is 0 Å². The molecule has 0 heterocycles. The van der Waals surface area contributed by atoms with Crippen LogP contribution in [0.5, 0.6) is 5.75 Å². The van der Waals surface area contributed by atoms with Crippen LogP contribution in [-0.2, 0) is 6.54 Å². The first-order chi connectivity index (χ1) is 8.72. The summed E-state index contributed by atoms with van der Waals surface area (Å²) in [7, 11) is 1.66. The van der Waals surface area contributed by atoms with Crippen LogP contribution in [0.15, 0.2) is 42.5 Å². The molecule has 2 aromatic rings. The quantitative estimate of drug-likeness (QED) is 0.829. The maximum absolute atomic E-state index is 6.10. The SMILES string of the molecule is COc1ccccc1CNc1c(N)cccc1Cl. The molecule has 0 fully saturated rings. The van der Waals surface area contributed by atoms with Gasteiger partial charge in [0.05, 0.1) is 23.5 Å². The zero-order chi connectivity index (χ0) is 13.0. The second-order valence-corrected chi connectivity index (χ2v) is 4.28. The molecule has 94 valence electrons. The van der Waals surface area contributed by atoms with E-state index in [1.54, 1.807) is 7.11 Å². The molecule has 2 aromatic carbocycles. The van der Waals surface area contributed by atoms with Gasteiger partial charge < -0.3 is 15.8 Å². The lowest BCUT2D eigenvalue weighted by atomic mass is 10.2. The van der Waals surface area contributed by atoms with Crippen molar-refractivity contribution in [3.63, 3.8) is 0 Å². The molecule has 3 N–H and O–H groups in total. The molecule has 3 nitrogen and oxygen atoms in total. The number of methoxy groups -OCH3 is 1. The molecule has 0 aromatic heterocycles. The highest BCUT2D eigenvalue weighted by Crippen LogP contribution is 2.29. The number of hydrogen-bond acceptors (Lipinski definition) is 3. The second kappa shape index (κ2) is 5.65. The summed E-state index contributed by atoms with van der Waals surface area (Å²) in [4.78, 5) is 0. The van der Waals surface area contributed by atoms with E-state index in [4.69, 9.17) is 22.1 Å². The number of anilines is 2. The van der Waals surface area contributed by atoms with Gasteiger partial charge in [-0.05, 0) is 18.2 Å². The Morgan fingerprint density at radius 1 is 1.17 bits per heavy atom. The maximum Gasteiger partial charge on any atom is 0.123 e. The predicted octanol–water partition coefficient (Wildman–Crippen LogP) is 3.54. The van der Waals surface area contributed by atoms with Gasteiger partial charge in [-0.1, -0.05) is 35.9 Å². The summed E-state index contributed by atoms with van der Waals surface area (Å²) in [6, 6.07) is 13.3. The summed E-state index contributed by atoms with van der Waals surface area (Å²) < 4.78 is 5.29. The van der Waals surface area contributed by atoms with Crippen molar-refractivity contribution in [2.75, 3.05) is 18.2 Å². The van der Waals surface area contributed by atoms with Crippen molar-refractivity contribution >= 4 is 23.0 Å². The molecule has 0 aliphatic heterocycles. The molecule has 0 spiro atoms. The van der Waals surface area contributed by atoms with Crippen LogP contribution in [0, 0.1) is 0 Å². The van der Waals surface area contributed by atoms with Gasteiger partial charge in [-0.2, -0.15) is 0 Å². The van der Waals surface area contributed by atoms with E-state index in [2.05, 4.69) is 5.32 Å². The summed E-state index contributed by atoms with van der Waals surface area (Å²) in [5.74, 6) is 0.843. The smallest absolute Gasteiger partial charge is 0.123 e. The van der Waals surface area contributed by atoms with E-state index >= 15 is 0 Å². The van der Waals surface area contributed by atoms with Crippen LogP contribution < -0.4 is 15.8 Å². The molecule has 0 unspecified atom stereocenters. The van der Waals surface area contributed by atoms with Crippen LogP contribution in [0.1, 0.15) is 5.56 Å². The Balaban J connectivity index is 2.16. The summed E-state index contributed by atoms with van der Waals surface area (Å²) in [5, 5.41) is 3.85. The van der Waals surface area contributed by atoms with Crippen LogP contribution in [0.2, 0.25) is 5.02 Å². The van der Waals surface area contributed by atoms with Crippen molar-refractivity contribution in [1.29, 1.82) is 0 Å². The first kappa shape index (κ1) is 12.6. The molecule has 2 rings (SSSR count). The highest BCUT2D eigenvalue weighted by Gasteiger charge is 2.06. The van der Waals surface area contributed by atoms with Crippen LogP contribution in [-0.4, -0.2) is 7.11 Å². The highest BCUT2D eigenvalue weighted by atomic mass is 35.5. The lowest BCUT2D eigenvalue weighted by Gasteiger charge is -2.13. The molecule has 0 aliphatic rings. The Kier molecular flexibility index (Phi) is 3.95. The minimum atomic E-state index is 0.609. The van der Waals surface area contributed by atoms with Crippen molar-refractivity contribution < 1.29 is 4.74 Å². The molecule has 0 saturated heterocycles. The van der Waals surface area contributed by atoms with E-state index in [9.17, 15) is 0 Å². The fourth-order valence-corrected chi connectivity index (χ4v) is 2.01. The fraction of sp³-hybridized carbons (Fsp3) is 0.143. The van der Waals surface area contributed by atoms with Gasteiger partial charge in [0, 0.05) is 12.1 Å². The van der Waals surface area contributed by atoms with Gasteiger partial charge in [-0.25, -0.2) is 0 Å². The second-order valence-electron chi connectivity index (χ2n) is 3.87. The molecule has 18 heavy (non-hydrogen) atoms. The van der Waals surface area contributed by atoms with Crippen molar-refractivity contribution in [3.05, 3.63) is 53.1 Å². The van der Waals surface area contributed by atoms with Gasteiger partial charge >= 0.3 is 0 Å². The van der Waals surface area contributed by atoms with Gasteiger partial charge in [0.15, 0.2) is 0 Å². The maximum atomic E-state index is 6.10. The fourth-order valence-electron chi connectivity index (χ4n) is 1.76. The number of para-hydroxylation sites is 2. The van der Waals surface area contributed by atoms with Crippen LogP contribution >= 0.6 is 11.6 Å². The number of nitrogen functional groups attached to an aromatic ring is 1. The molecule has 0 atom stereocenters. The van der Waals surface area contributed by atoms with Gasteiger partial charge in [-0.3, -0.25) is 0 Å². The van der Waals surface area contributed by atoms with Crippen molar-refractivity contribution in [1.82, 2.24) is 0 Å². The van der Waals surface area contributed by atoms with E-state index in [-0.39, 0.29) is 0 Å². The Morgan fingerprint density at radius 2 is 1.94 bits per heavy atom. The molecule has 0 aliphatic carbocycles. The Bertz CT molecular complexity index is 523. The number of nitrogens with one attached hydrogen (secondary N) is 1. The number of benzene rings is 2. The molecule has 0 amide bonds. The first-order valence-electron chi connectivity index (χ1n) is 5.62. The Morgan fingerprint density at radius 3 is 2.67 bits per heavy atom. The van der Waals surface area contributed by atoms with Crippen LogP contribution in [0.25, 0.3) is 0 Å². The van der Waals surface area contributed by atoms with Gasteiger partial charge in [0.1, 0.15) is 5.75 Å². The van der Waals surface area contributed by atoms with Crippen LogP contribution in [0.3, 0.4) is 0 Å². The van der Waals surface area contributed by atoms with Gasteiger partial charge in [-0.15, -0.1) is 0 Å². The van der Waals surface area contributed by atoms with E-state index in [1.165, 1.54) is 0 Å². The minimum Gasteiger partial charge on any atom is -0.496 e. The zero-order valence-corrected chi connectivity index (χ0v) is 10.9. The summed E-state index contributed by atoms with van der Waals surface area (Å²) >= 11 is 6.10. The summed E-state index contributed by atoms with van der Waals surface area (Å²) in [6.45, 7) is 0.609. The largest absolute Gasteiger partial charge is 0.496 e. The zero-order valence-electron chi connectivity index (χ0n) is 10.1. The summed E-state index contributed by atoms with van der Waals surface area (Å²) in [5.41, 5.74) is 8.32. The van der Waals surface area contributed by atoms with Crippen molar-refractivity contribution in [2.24, 2.45) is 0 Å². The Hall–Kier alpha value is -1.87. The van der Waals surface area contributed by atoms with Crippen LogP contribution in [0.4, 0.5) is 11.4 Å². The normalized spacial score (nSPS) is 10.1. The molecular formula is C14H15ClN2O. The highest BCUT2D eigenvalue weighted by molar-refractivity contribution is 6.33. The topological polar surface area (TPSA) is 47.3 Å². The average molecular weight is 263 g/mol. The number of halogens is 1. The standard InChI is InChI=1S/C14H15ClN2O/c1-18-13-8-3-2-5-10(13)9-17-14-11(15)6-4-7-12(14)16/h2-8,17H,9,16H2,1H3. The van der Waals surface area contributed by atoms with E-state index in [1.807, 2.05) is 42.5 Å². The first-order valence-corrected chi connectivity index (χ1v) is 6.00. The average Bonchev–Trinajstić information content (AvgIpc) is 2.38. The van der Waals surface area contributed by atoms with E-state index in [0.717, 1.165) is 17.0 Å². The molecule has 0 saturated carbocycles. The lowest BCUT2D eigenvalue weighted by Crippen LogP contribution is -2.04. The third kappa shape index (κ3) is 2.68. The van der Waals surface area contributed by atoms with Crippen molar-refractivity contribution in [3.8, 4) is 5.75 Å². The third-order valence-corrected chi connectivity index (χ3v) is 3.01. The predicted molar refractivity (Wildman–Crippen MR) is 76.2 cm³/mol. The molecule has 0 bridgehead atoms. The summed E-state index contributed by atoms with van der Waals surface area (Å²) in [6.07, 6.45) is 0. The molecule has 0 radical (unpaired) electrons. The Labute approximate surface area is 112 Å².